The first-order chi connectivity index (χ1) is 9.56. The van der Waals surface area contributed by atoms with E-state index in [2.05, 4.69) is 0 Å². The van der Waals surface area contributed by atoms with E-state index in [1.165, 1.54) is 30.0 Å². The van der Waals surface area contributed by atoms with Crippen LogP contribution < -0.4 is 5.73 Å². The lowest BCUT2D eigenvalue weighted by Crippen LogP contribution is -1.97. The van der Waals surface area contributed by atoms with Crippen molar-refractivity contribution >= 4 is 23.1 Å². The highest BCUT2D eigenvalue weighted by atomic mass is 32.2. The Morgan fingerprint density at radius 2 is 2.00 bits per heavy atom. The van der Waals surface area contributed by atoms with E-state index >= 15 is 0 Å². The first-order valence-corrected chi connectivity index (χ1v) is 6.96. The van der Waals surface area contributed by atoms with E-state index < -0.39 is 0 Å². The molecule has 2 rings (SSSR count). The number of rotatable bonds is 5. The van der Waals surface area contributed by atoms with E-state index in [4.69, 9.17) is 5.73 Å². The lowest BCUT2D eigenvalue weighted by molar-refractivity contribution is -0.385. The molecule has 2 aromatic rings. The summed E-state index contributed by atoms with van der Waals surface area (Å²) >= 11 is 1.42. The van der Waals surface area contributed by atoms with Crippen LogP contribution in [0.4, 0.5) is 15.8 Å². The van der Waals surface area contributed by atoms with Crippen molar-refractivity contribution in [1.82, 2.24) is 0 Å². The monoisotopic (exact) mass is 292 g/mol. The highest BCUT2D eigenvalue weighted by Gasteiger charge is 2.11. The Morgan fingerprint density at radius 3 is 2.70 bits per heavy atom. The van der Waals surface area contributed by atoms with Gasteiger partial charge in [-0.1, -0.05) is 18.2 Å². The summed E-state index contributed by atoms with van der Waals surface area (Å²) in [6.07, 6.45) is 0.540. The highest BCUT2D eigenvalue weighted by Crippen LogP contribution is 2.25. The molecule has 0 saturated carbocycles. The summed E-state index contributed by atoms with van der Waals surface area (Å²) in [5.41, 5.74) is 6.73. The maximum atomic E-state index is 13.2. The lowest BCUT2D eigenvalue weighted by atomic mass is 10.1. The smallest absolute Gasteiger partial charge is 0.272 e. The SMILES string of the molecule is Nc1cc(F)cc(SCCc2ccccc2[N+](=O)[O-])c1. The van der Waals surface area contributed by atoms with Crippen LogP contribution in [0.2, 0.25) is 0 Å². The molecule has 2 aromatic carbocycles. The number of nitro groups is 1. The van der Waals surface area contributed by atoms with Crippen molar-refractivity contribution in [2.75, 3.05) is 11.5 Å². The van der Waals surface area contributed by atoms with E-state index in [0.717, 1.165) is 4.90 Å². The summed E-state index contributed by atoms with van der Waals surface area (Å²) in [6, 6.07) is 11.0. The maximum absolute atomic E-state index is 13.2. The number of aryl methyl sites for hydroxylation is 1. The molecular weight excluding hydrogens is 279 g/mol. The van der Waals surface area contributed by atoms with Gasteiger partial charge in [-0.05, 0) is 24.6 Å². The minimum Gasteiger partial charge on any atom is -0.399 e. The van der Waals surface area contributed by atoms with Gasteiger partial charge in [-0.15, -0.1) is 11.8 Å². The Balaban J connectivity index is 2.01. The summed E-state index contributed by atoms with van der Waals surface area (Å²) in [5, 5.41) is 10.9. The molecule has 0 radical (unpaired) electrons. The summed E-state index contributed by atoms with van der Waals surface area (Å²) in [4.78, 5) is 11.2. The molecule has 0 aliphatic carbocycles. The van der Waals surface area contributed by atoms with Gasteiger partial charge in [0.2, 0.25) is 0 Å². The third-order valence-corrected chi connectivity index (χ3v) is 3.70. The number of nitrogens with two attached hydrogens (primary N) is 1. The van der Waals surface area contributed by atoms with Crippen molar-refractivity contribution in [2.45, 2.75) is 11.3 Å². The Hall–Kier alpha value is -2.08. The summed E-state index contributed by atoms with van der Waals surface area (Å²) < 4.78 is 13.2. The quantitative estimate of drug-likeness (QED) is 0.395. The number of anilines is 1. The van der Waals surface area contributed by atoms with Gasteiger partial charge < -0.3 is 5.73 Å². The molecule has 4 nitrogen and oxygen atoms in total. The fourth-order valence-electron chi connectivity index (χ4n) is 1.85. The van der Waals surface area contributed by atoms with Crippen LogP contribution in [-0.2, 0) is 6.42 Å². The van der Waals surface area contributed by atoms with Crippen molar-refractivity contribution < 1.29 is 9.31 Å². The molecule has 0 spiro atoms. The summed E-state index contributed by atoms with van der Waals surface area (Å²) in [6.45, 7) is 0. The Labute approximate surface area is 119 Å². The normalized spacial score (nSPS) is 10.4. The second-order valence-corrected chi connectivity index (χ2v) is 5.37. The zero-order valence-corrected chi connectivity index (χ0v) is 11.4. The lowest BCUT2D eigenvalue weighted by Gasteiger charge is -2.04. The van der Waals surface area contributed by atoms with Crippen molar-refractivity contribution in [1.29, 1.82) is 0 Å². The Kier molecular flexibility index (Phi) is 4.57. The molecule has 0 aromatic heterocycles. The van der Waals surface area contributed by atoms with Gasteiger partial charge in [0, 0.05) is 28.0 Å². The molecule has 6 heteroatoms. The minimum absolute atomic E-state index is 0.117. The number of nitro benzene ring substituents is 1. The van der Waals surface area contributed by atoms with E-state index in [1.54, 1.807) is 24.3 Å². The van der Waals surface area contributed by atoms with Crippen LogP contribution in [0.3, 0.4) is 0 Å². The van der Waals surface area contributed by atoms with Gasteiger partial charge >= 0.3 is 0 Å². The molecule has 0 heterocycles. The molecular formula is C14H13FN2O2S. The number of nitrogens with zero attached hydrogens (tertiary/aromatic N) is 1. The van der Waals surface area contributed by atoms with Gasteiger partial charge in [0.05, 0.1) is 4.92 Å². The fourth-order valence-corrected chi connectivity index (χ4v) is 2.82. The van der Waals surface area contributed by atoms with Gasteiger partial charge in [-0.3, -0.25) is 10.1 Å². The maximum Gasteiger partial charge on any atom is 0.272 e. The van der Waals surface area contributed by atoms with Crippen molar-refractivity contribution in [3.63, 3.8) is 0 Å². The van der Waals surface area contributed by atoms with E-state index in [1.807, 2.05) is 0 Å². The predicted octanol–water partition coefficient (Wildman–Crippen LogP) is 3.65. The van der Waals surface area contributed by atoms with Gasteiger partial charge in [0.15, 0.2) is 0 Å². The highest BCUT2D eigenvalue weighted by molar-refractivity contribution is 7.99. The number of benzene rings is 2. The molecule has 104 valence electrons. The number of hydrogen-bond acceptors (Lipinski definition) is 4. The first-order valence-electron chi connectivity index (χ1n) is 5.97. The largest absolute Gasteiger partial charge is 0.399 e. The standard InChI is InChI=1S/C14H13FN2O2S/c15-11-7-12(16)9-13(8-11)20-6-5-10-3-1-2-4-14(10)17(18)19/h1-4,7-9H,5-6,16H2. The van der Waals surface area contributed by atoms with Crippen LogP contribution in [0.5, 0.6) is 0 Å². The van der Waals surface area contributed by atoms with E-state index in [0.29, 0.717) is 23.4 Å². The van der Waals surface area contributed by atoms with Crippen LogP contribution in [0.1, 0.15) is 5.56 Å². The third-order valence-electron chi connectivity index (χ3n) is 2.72. The molecule has 0 amide bonds. The number of para-hydroxylation sites is 1. The molecule has 0 aliphatic rings. The number of hydrogen-bond donors (Lipinski definition) is 1. The van der Waals surface area contributed by atoms with Crippen LogP contribution in [-0.4, -0.2) is 10.7 Å². The minimum atomic E-state index is -0.389. The molecule has 0 unspecified atom stereocenters. The van der Waals surface area contributed by atoms with Crippen LogP contribution in [0.15, 0.2) is 47.4 Å². The van der Waals surface area contributed by atoms with Crippen LogP contribution in [0.25, 0.3) is 0 Å². The van der Waals surface area contributed by atoms with E-state index in [-0.39, 0.29) is 16.4 Å². The second-order valence-electron chi connectivity index (χ2n) is 4.20. The second kappa shape index (κ2) is 6.38. The third kappa shape index (κ3) is 3.71. The zero-order chi connectivity index (χ0) is 14.5. The Bertz CT molecular complexity index is 614. The average molecular weight is 292 g/mol. The van der Waals surface area contributed by atoms with Gasteiger partial charge in [0.25, 0.3) is 5.69 Å². The van der Waals surface area contributed by atoms with Crippen LogP contribution >= 0.6 is 11.8 Å². The summed E-state index contributed by atoms with van der Waals surface area (Å²) in [7, 11) is 0. The molecule has 0 aliphatic heterocycles. The summed E-state index contributed by atoms with van der Waals surface area (Å²) in [5.74, 6) is 0.242. The zero-order valence-electron chi connectivity index (χ0n) is 10.6. The average Bonchev–Trinajstić information content (AvgIpc) is 2.38. The van der Waals surface area contributed by atoms with Gasteiger partial charge in [0.1, 0.15) is 5.82 Å². The van der Waals surface area contributed by atoms with Gasteiger partial charge in [-0.25, -0.2) is 4.39 Å². The fraction of sp³-hybridized carbons (Fsp3) is 0.143. The molecule has 0 fully saturated rings. The van der Waals surface area contributed by atoms with Crippen molar-refractivity contribution in [3.05, 3.63) is 64.0 Å². The Morgan fingerprint density at radius 1 is 1.25 bits per heavy atom. The molecule has 0 bridgehead atoms. The molecule has 2 N–H and O–H groups in total. The number of thioether (sulfide) groups is 1. The molecule has 0 atom stereocenters. The first kappa shape index (κ1) is 14.3. The molecule has 20 heavy (non-hydrogen) atoms. The van der Waals surface area contributed by atoms with Crippen LogP contribution in [0, 0.1) is 15.9 Å². The molecule has 0 saturated heterocycles. The van der Waals surface area contributed by atoms with Crippen molar-refractivity contribution in [3.8, 4) is 0 Å². The predicted molar refractivity (Wildman–Crippen MR) is 78.3 cm³/mol. The topological polar surface area (TPSA) is 69.2 Å². The van der Waals surface area contributed by atoms with E-state index in [9.17, 15) is 14.5 Å². The van der Waals surface area contributed by atoms with Crippen molar-refractivity contribution in [2.24, 2.45) is 0 Å². The number of nitrogen functional groups attached to an aromatic ring is 1. The van der Waals surface area contributed by atoms with Gasteiger partial charge in [-0.2, -0.15) is 0 Å². The number of halogens is 1.